The third kappa shape index (κ3) is 3.66. The molecule has 0 aliphatic heterocycles. The van der Waals surface area contributed by atoms with Crippen molar-refractivity contribution in [3.8, 4) is 11.5 Å². The van der Waals surface area contributed by atoms with Crippen LogP contribution in [0.15, 0.2) is 16.6 Å². The van der Waals surface area contributed by atoms with Crippen LogP contribution in [0.5, 0.6) is 11.5 Å². The number of quaternary nitrogens is 1. The molecule has 0 bridgehead atoms. The number of halogens is 1. The number of rotatable bonds is 4. The molecule has 0 aliphatic rings. The van der Waals surface area contributed by atoms with Crippen LogP contribution in [-0.2, 0) is 4.79 Å². The van der Waals surface area contributed by atoms with E-state index in [1.807, 2.05) is 13.8 Å². The summed E-state index contributed by atoms with van der Waals surface area (Å²) in [7, 11) is 1.51. The second kappa shape index (κ2) is 5.87. The minimum atomic E-state index is -2.40. The lowest BCUT2D eigenvalue weighted by molar-refractivity contribution is -1.13. The Morgan fingerprint density at radius 3 is 2.42 bits per heavy atom. The Hall–Kier alpha value is -1.15. The van der Waals surface area contributed by atoms with E-state index >= 15 is 0 Å². The molecule has 106 valence electrons. The van der Waals surface area contributed by atoms with Gasteiger partial charge >= 0.3 is 5.91 Å². The zero-order valence-corrected chi connectivity index (χ0v) is 12.7. The van der Waals surface area contributed by atoms with Gasteiger partial charge in [0.15, 0.2) is 0 Å². The molecule has 1 amide bonds. The van der Waals surface area contributed by atoms with E-state index < -0.39 is 10.9 Å². The summed E-state index contributed by atoms with van der Waals surface area (Å²) in [4.78, 5) is 13.4. The van der Waals surface area contributed by atoms with Gasteiger partial charge in [-0.25, -0.2) is 4.79 Å². The molecule has 7 heteroatoms. The van der Waals surface area contributed by atoms with E-state index in [1.165, 1.54) is 13.2 Å². The summed E-state index contributed by atoms with van der Waals surface area (Å²) in [6, 6.07) is 3.17. The van der Waals surface area contributed by atoms with Gasteiger partial charge in [-0.3, -0.25) is 4.84 Å². The van der Waals surface area contributed by atoms with Gasteiger partial charge in [-0.15, -0.1) is 0 Å². The Bertz CT molecular complexity index is 487. The Morgan fingerprint density at radius 1 is 1.42 bits per heavy atom. The second-order valence-electron chi connectivity index (χ2n) is 4.31. The number of hydrogen-bond acceptors (Lipinski definition) is 5. The zero-order chi connectivity index (χ0) is 14.8. The van der Waals surface area contributed by atoms with Crippen molar-refractivity contribution in [2.45, 2.75) is 26.7 Å². The molecule has 1 aromatic carbocycles. The molecular weight excluding hydrogens is 318 g/mol. The quantitative estimate of drug-likeness (QED) is 0.520. The average molecular weight is 334 g/mol. The standard InChI is InChI=1S/C12H16BrNO5/c1-7(2)9-5-12(18-4)10(13)6-11(9)19-14(16,17)8(3)15/h5-7,16H,1-4H3. The summed E-state index contributed by atoms with van der Waals surface area (Å²) < 4.78 is 5.71. The Labute approximate surface area is 119 Å². The Balaban J connectivity index is 3.26. The number of hydrogen-bond donors (Lipinski definition) is 1. The third-order valence-electron chi connectivity index (χ3n) is 2.53. The van der Waals surface area contributed by atoms with E-state index in [0.29, 0.717) is 15.8 Å². The Kier molecular flexibility index (Phi) is 4.92. The monoisotopic (exact) mass is 333 g/mol. The van der Waals surface area contributed by atoms with Crippen LogP contribution >= 0.6 is 15.9 Å². The van der Waals surface area contributed by atoms with Crippen LogP contribution in [0.25, 0.3) is 0 Å². The fraction of sp³-hybridized carbons (Fsp3) is 0.417. The lowest BCUT2D eigenvalue weighted by Crippen LogP contribution is -2.46. The van der Waals surface area contributed by atoms with Crippen molar-refractivity contribution in [2.24, 2.45) is 0 Å². The molecule has 0 fully saturated rings. The smallest absolute Gasteiger partial charge is 0.386 e. The van der Waals surface area contributed by atoms with E-state index in [-0.39, 0.29) is 11.7 Å². The number of carbonyl (C=O) groups excluding carboxylic acids is 1. The van der Waals surface area contributed by atoms with Crippen molar-refractivity contribution >= 4 is 21.8 Å². The van der Waals surface area contributed by atoms with Gasteiger partial charge in [0.2, 0.25) is 5.75 Å². The van der Waals surface area contributed by atoms with Crippen molar-refractivity contribution in [3.63, 3.8) is 0 Å². The number of amides is 1. The number of benzene rings is 1. The maximum atomic E-state index is 11.5. The first kappa shape index (κ1) is 15.9. The summed E-state index contributed by atoms with van der Waals surface area (Å²) in [6.07, 6.45) is 0. The van der Waals surface area contributed by atoms with E-state index in [4.69, 9.17) is 9.57 Å². The minimum Gasteiger partial charge on any atom is -0.547 e. The van der Waals surface area contributed by atoms with Crippen LogP contribution in [0, 0.1) is 5.21 Å². The summed E-state index contributed by atoms with van der Waals surface area (Å²) in [6.45, 7) is 4.72. The largest absolute Gasteiger partial charge is 0.547 e. The van der Waals surface area contributed by atoms with Crippen molar-refractivity contribution in [1.82, 2.24) is 0 Å². The maximum absolute atomic E-state index is 11.5. The van der Waals surface area contributed by atoms with Crippen LogP contribution in [-0.4, -0.2) is 23.2 Å². The van der Waals surface area contributed by atoms with Crippen molar-refractivity contribution in [3.05, 3.63) is 27.4 Å². The maximum Gasteiger partial charge on any atom is 0.386 e. The van der Waals surface area contributed by atoms with Gasteiger partial charge in [0.25, 0.3) is 0 Å². The van der Waals surface area contributed by atoms with Gasteiger partial charge in [-0.1, -0.05) is 13.8 Å². The highest BCUT2D eigenvalue weighted by Crippen LogP contribution is 2.37. The SMILES string of the molecule is COc1cc(C(C)C)c(O[N+]([O-])(O)C(C)=O)cc1Br. The first-order chi connectivity index (χ1) is 8.69. The number of methoxy groups -OCH3 is 1. The van der Waals surface area contributed by atoms with Crippen LogP contribution in [0.2, 0.25) is 0 Å². The lowest BCUT2D eigenvalue weighted by atomic mass is 10.0. The lowest BCUT2D eigenvalue weighted by Gasteiger charge is -2.27. The second-order valence-corrected chi connectivity index (χ2v) is 5.16. The van der Waals surface area contributed by atoms with Crippen LogP contribution in [0.4, 0.5) is 0 Å². The van der Waals surface area contributed by atoms with E-state index in [0.717, 1.165) is 6.92 Å². The summed E-state index contributed by atoms with van der Waals surface area (Å²) >= 11 is 3.25. The molecule has 0 aliphatic carbocycles. The van der Waals surface area contributed by atoms with Gasteiger partial charge in [-0.2, -0.15) is 5.21 Å². The molecule has 19 heavy (non-hydrogen) atoms. The van der Waals surface area contributed by atoms with Gasteiger partial charge < -0.3 is 9.94 Å². The van der Waals surface area contributed by atoms with Gasteiger partial charge in [0.05, 0.1) is 18.5 Å². The molecule has 0 radical (unpaired) electrons. The normalized spacial score (nSPS) is 14.1. The highest BCUT2D eigenvalue weighted by molar-refractivity contribution is 9.10. The first-order valence-corrected chi connectivity index (χ1v) is 6.39. The van der Waals surface area contributed by atoms with Crippen LogP contribution < -0.4 is 9.57 Å². The van der Waals surface area contributed by atoms with Crippen LogP contribution in [0.1, 0.15) is 32.3 Å². The summed E-state index contributed by atoms with van der Waals surface area (Å²) in [5.41, 5.74) is 0.647. The number of carbonyl (C=O) groups is 1. The first-order valence-electron chi connectivity index (χ1n) is 5.60. The number of hydroxylamine groups is 3. The molecular formula is C12H16BrNO5. The van der Waals surface area contributed by atoms with E-state index in [1.54, 1.807) is 6.07 Å². The van der Waals surface area contributed by atoms with Crippen molar-refractivity contribution in [1.29, 1.82) is 0 Å². The highest BCUT2D eigenvalue weighted by atomic mass is 79.9. The average Bonchev–Trinajstić information content (AvgIpc) is 2.28. The minimum absolute atomic E-state index is 0.0176. The number of ether oxygens (including phenoxy) is 1. The third-order valence-corrected chi connectivity index (χ3v) is 3.15. The molecule has 6 nitrogen and oxygen atoms in total. The fourth-order valence-corrected chi connectivity index (χ4v) is 1.92. The number of nitrogens with zero attached hydrogens (tertiary/aromatic N) is 1. The molecule has 1 atom stereocenters. The van der Waals surface area contributed by atoms with E-state index in [2.05, 4.69) is 15.9 Å². The fourth-order valence-electron chi connectivity index (χ4n) is 1.44. The van der Waals surface area contributed by atoms with Crippen molar-refractivity contribution in [2.75, 3.05) is 7.11 Å². The molecule has 0 saturated carbocycles. The molecule has 1 rings (SSSR count). The summed E-state index contributed by atoms with van der Waals surface area (Å²) in [5.74, 6) is -0.359. The Morgan fingerprint density at radius 2 is 2.00 bits per heavy atom. The zero-order valence-electron chi connectivity index (χ0n) is 11.1. The van der Waals surface area contributed by atoms with Crippen LogP contribution in [0.3, 0.4) is 0 Å². The predicted octanol–water partition coefficient (Wildman–Crippen LogP) is 3.13. The molecule has 1 N–H and O–H groups in total. The van der Waals surface area contributed by atoms with Gasteiger partial charge in [0.1, 0.15) is 5.75 Å². The topological polar surface area (TPSA) is 78.8 Å². The highest BCUT2D eigenvalue weighted by Gasteiger charge is 2.27. The van der Waals surface area contributed by atoms with Gasteiger partial charge in [0, 0.05) is 16.6 Å². The van der Waals surface area contributed by atoms with Gasteiger partial charge in [-0.05, 0) is 27.9 Å². The molecule has 0 saturated heterocycles. The predicted molar refractivity (Wildman–Crippen MR) is 71.5 cm³/mol. The summed E-state index contributed by atoms with van der Waals surface area (Å²) in [5, 5.41) is 20.8. The van der Waals surface area contributed by atoms with Crippen molar-refractivity contribution < 1.29 is 24.5 Å². The molecule has 1 unspecified atom stereocenters. The molecule has 1 aromatic rings. The molecule has 0 aromatic heterocycles. The molecule has 0 heterocycles. The molecule has 0 spiro atoms. The van der Waals surface area contributed by atoms with E-state index in [9.17, 15) is 15.2 Å².